The van der Waals surface area contributed by atoms with E-state index in [2.05, 4.69) is 35.9 Å². The van der Waals surface area contributed by atoms with E-state index in [4.69, 9.17) is 20.9 Å². The summed E-state index contributed by atoms with van der Waals surface area (Å²) in [5.41, 5.74) is 12.1. The van der Waals surface area contributed by atoms with Gasteiger partial charge in [-0.25, -0.2) is 18.7 Å². The topological polar surface area (TPSA) is 233 Å². The Balaban J connectivity index is 0.000000219. The van der Waals surface area contributed by atoms with Crippen LogP contribution in [0.15, 0.2) is 48.8 Å². The maximum Gasteiger partial charge on any atom is 0.281 e. The van der Waals surface area contributed by atoms with Crippen molar-refractivity contribution < 1.29 is 36.3 Å². The second kappa shape index (κ2) is 18.4. The minimum atomic E-state index is -3.44. The number of methoxy groups -OCH3 is 2. The number of ketones is 2. The number of nitrogens with two attached hydrogens (primary N) is 2. The lowest BCUT2D eigenvalue weighted by atomic mass is 10.0. The van der Waals surface area contributed by atoms with E-state index >= 15 is 0 Å². The standard InChI is InChI=1S/C19H25FN6O4S.C17H20FN5O2/c1-25(2)31(28,29)26-8-6-13(7-9-26)23-19-22-11-15(18(21)24-19)17(27)14-10-12(20)4-5-16(14)30-3;1-25-14-3-2-10(18)8-12(14)15(24)13-9-21-17(23-16(13)19)22-11-4-6-20-7-5-11/h4-5,10-11,13H,6-9H2,1-3H3,(H3,21,22,23,24);2-3,8-9,11,20H,4-7H2,1H3,(H3,19,21,22,23). The van der Waals surface area contributed by atoms with Gasteiger partial charge in [-0.3, -0.25) is 9.59 Å². The van der Waals surface area contributed by atoms with Gasteiger partial charge in [-0.2, -0.15) is 27.0 Å². The number of anilines is 4. The second-order valence-electron chi connectivity index (χ2n) is 13.1. The van der Waals surface area contributed by atoms with Crippen LogP contribution in [0.3, 0.4) is 0 Å². The number of piperidine rings is 2. The Kier molecular flexibility index (Phi) is 13.6. The fraction of sp³-hybridized carbons (Fsp3) is 0.389. The summed E-state index contributed by atoms with van der Waals surface area (Å²) in [6, 6.07) is 7.58. The number of nitrogen functional groups attached to an aromatic ring is 2. The van der Waals surface area contributed by atoms with Gasteiger partial charge < -0.3 is 36.9 Å². The number of halogens is 2. The van der Waals surface area contributed by atoms with Gasteiger partial charge in [0.2, 0.25) is 23.5 Å². The maximum absolute atomic E-state index is 13.6. The van der Waals surface area contributed by atoms with Crippen LogP contribution in [0.5, 0.6) is 11.5 Å². The predicted octanol–water partition coefficient (Wildman–Crippen LogP) is 2.72. The summed E-state index contributed by atoms with van der Waals surface area (Å²) in [5, 5.41) is 9.63. The highest BCUT2D eigenvalue weighted by Crippen LogP contribution is 2.27. The van der Waals surface area contributed by atoms with Crippen molar-refractivity contribution in [3.05, 3.63) is 82.7 Å². The minimum Gasteiger partial charge on any atom is -0.496 e. The molecule has 2 aromatic heterocycles. The summed E-state index contributed by atoms with van der Waals surface area (Å²) in [5.74, 6) is -1.07. The molecule has 7 N–H and O–H groups in total. The number of rotatable bonds is 12. The Hall–Kier alpha value is -5.57. The molecule has 2 aromatic carbocycles. The van der Waals surface area contributed by atoms with Crippen LogP contribution in [0.4, 0.5) is 32.3 Å². The van der Waals surface area contributed by atoms with Gasteiger partial charge in [-0.1, -0.05) is 0 Å². The molecule has 2 aliphatic rings. The van der Waals surface area contributed by atoms with Crippen LogP contribution in [-0.4, -0.2) is 115 Å². The molecule has 0 aliphatic carbocycles. The van der Waals surface area contributed by atoms with E-state index in [0.717, 1.165) is 38.1 Å². The number of ether oxygens (including phenoxy) is 2. The third-order valence-corrected chi connectivity index (χ3v) is 11.1. The van der Waals surface area contributed by atoms with Crippen molar-refractivity contribution in [2.75, 3.05) is 76.6 Å². The number of hydrogen-bond donors (Lipinski definition) is 5. The van der Waals surface area contributed by atoms with E-state index in [1.807, 2.05) is 0 Å². The van der Waals surface area contributed by atoms with Crippen LogP contribution >= 0.6 is 0 Å². The lowest BCUT2D eigenvalue weighted by Crippen LogP contribution is -2.46. The monoisotopic (exact) mass is 797 g/mol. The summed E-state index contributed by atoms with van der Waals surface area (Å²) in [7, 11) is 2.35. The minimum absolute atomic E-state index is 0.0213. The summed E-state index contributed by atoms with van der Waals surface area (Å²) in [6.07, 6.45) is 5.70. The van der Waals surface area contributed by atoms with E-state index < -0.39 is 33.4 Å². The number of nitrogens with zero attached hydrogens (tertiary/aromatic N) is 6. The van der Waals surface area contributed by atoms with Crippen molar-refractivity contribution in [2.24, 2.45) is 0 Å². The SMILES string of the molecule is COc1ccc(F)cc1C(=O)c1cnc(NC2CCN(S(=O)(=O)N(C)C)CC2)nc1N.COc1ccc(F)cc1C(=O)c1cnc(NC2CCNCC2)nc1N. The average molecular weight is 798 g/mol. The number of aromatic nitrogens is 4. The number of carbonyl (C=O) groups excluding carboxylic acids is 2. The molecule has 0 bridgehead atoms. The highest BCUT2D eigenvalue weighted by molar-refractivity contribution is 7.86. The molecule has 2 saturated heterocycles. The highest BCUT2D eigenvalue weighted by Gasteiger charge is 2.30. The van der Waals surface area contributed by atoms with Crippen molar-refractivity contribution in [3.63, 3.8) is 0 Å². The first kappa shape index (κ1) is 41.6. The Morgan fingerprint density at radius 2 is 1.20 bits per heavy atom. The van der Waals surface area contributed by atoms with Crippen molar-refractivity contribution in [3.8, 4) is 11.5 Å². The molecule has 2 fully saturated rings. The third-order valence-electron chi connectivity index (χ3n) is 9.19. The molecule has 56 heavy (non-hydrogen) atoms. The van der Waals surface area contributed by atoms with Gasteiger partial charge in [0.25, 0.3) is 10.2 Å². The largest absolute Gasteiger partial charge is 0.496 e. The number of hydrogen-bond acceptors (Lipinski definition) is 15. The molecular formula is C36H45F2N11O6S. The zero-order valence-electron chi connectivity index (χ0n) is 31.4. The molecule has 0 atom stereocenters. The fourth-order valence-corrected chi connectivity index (χ4v) is 7.21. The first-order valence-corrected chi connectivity index (χ1v) is 19.0. The molecule has 0 unspecified atom stereocenters. The molecule has 0 spiro atoms. The van der Waals surface area contributed by atoms with Gasteiger partial charge in [0.15, 0.2) is 0 Å². The third kappa shape index (κ3) is 9.99. The highest BCUT2D eigenvalue weighted by atomic mass is 32.2. The Morgan fingerprint density at radius 3 is 1.59 bits per heavy atom. The van der Waals surface area contributed by atoms with Crippen LogP contribution in [0.1, 0.15) is 57.5 Å². The predicted molar refractivity (Wildman–Crippen MR) is 206 cm³/mol. The fourth-order valence-electron chi connectivity index (χ4n) is 6.08. The van der Waals surface area contributed by atoms with Crippen molar-refractivity contribution >= 4 is 45.3 Å². The van der Waals surface area contributed by atoms with Gasteiger partial charge in [-0.05, 0) is 75.2 Å². The summed E-state index contributed by atoms with van der Waals surface area (Å²) >= 11 is 0. The quantitative estimate of drug-likeness (QED) is 0.130. The molecule has 4 aromatic rings. The van der Waals surface area contributed by atoms with E-state index in [1.165, 1.54) is 73.6 Å². The zero-order valence-corrected chi connectivity index (χ0v) is 32.2. The zero-order chi connectivity index (χ0) is 40.6. The molecular weight excluding hydrogens is 753 g/mol. The van der Waals surface area contributed by atoms with Gasteiger partial charge in [0.1, 0.15) is 34.8 Å². The Labute approximate surface area is 323 Å². The van der Waals surface area contributed by atoms with Crippen LogP contribution in [0.2, 0.25) is 0 Å². The summed E-state index contributed by atoms with van der Waals surface area (Å²) in [6.45, 7) is 2.60. The van der Waals surface area contributed by atoms with Crippen LogP contribution in [0.25, 0.3) is 0 Å². The van der Waals surface area contributed by atoms with Crippen molar-refractivity contribution in [1.82, 2.24) is 33.9 Å². The van der Waals surface area contributed by atoms with Crippen LogP contribution in [0, 0.1) is 11.6 Å². The molecule has 300 valence electrons. The maximum atomic E-state index is 13.6. The lowest BCUT2D eigenvalue weighted by Gasteiger charge is -2.33. The lowest BCUT2D eigenvalue weighted by molar-refractivity contribution is 0.102. The van der Waals surface area contributed by atoms with Gasteiger partial charge in [0.05, 0.1) is 36.5 Å². The molecule has 17 nitrogen and oxygen atoms in total. The molecule has 0 amide bonds. The number of nitrogens with one attached hydrogen (secondary N) is 3. The van der Waals surface area contributed by atoms with E-state index in [-0.39, 0.29) is 63.4 Å². The van der Waals surface area contributed by atoms with Crippen molar-refractivity contribution in [2.45, 2.75) is 37.8 Å². The molecule has 4 heterocycles. The smallest absolute Gasteiger partial charge is 0.281 e. The number of carbonyl (C=O) groups is 2. The first-order valence-electron chi connectivity index (χ1n) is 17.6. The van der Waals surface area contributed by atoms with Crippen LogP contribution in [-0.2, 0) is 10.2 Å². The molecule has 20 heteroatoms. The molecule has 0 saturated carbocycles. The second-order valence-corrected chi connectivity index (χ2v) is 15.3. The summed E-state index contributed by atoms with van der Waals surface area (Å²) < 4.78 is 64.4. The number of benzene rings is 2. The Bertz CT molecular complexity index is 2150. The van der Waals surface area contributed by atoms with Gasteiger partial charge >= 0.3 is 0 Å². The van der Waals surface area contributed by atoms with E-state index in [0.29, 0.717) is 31.9 Å². The molecule has 2 aliphatic heterocycles. The van der Waals surface area contributed by atoms with E-state index in [1.54, 1.807) is 0 Å². The molecule has 6 rings (SSSR count). The average Bonchev–Trinajstić information content (AvgIpc) is 3.18. The Morgan fingerprint density at radius 1 is 0.768 bits per heavy atom. The first-order chi connectivity index (χ1) is 26.7. The van der Waals surface area contributed by atoms with Gasteiger partial charge in [-0.15, -0.1) is 0 Å². The van der Waals surface area contributed by atoms with Crippen LogP contribution < -0.4 is 36.9 Å². The van der Waals surface area contributed by atoms with Gasteiger partial charge in [0, 0.05) is 51.7 Å². The normalized spacial score (nSPS) is 15.4. The van der Waals surface area contributed by atoms with E-state index in [9.17, 15) is 26.8 Å². The molecule has 0 radical (unpaired) electrons. The van der Waals surface area contributed by atoms with Crippen molar-refractivity contribution in [1.29, 1.82) is 0 Å². The summed E-state index contributed by atoms with van der Waals surface area (Å²) in [4.78, 5) is 42.1.